The Kier molecular flexibility index (Phi) is 8.86. The summed E-state index contributed by atoms with van der Waals surface area (Å²) in [5, 5.41) is 0. The first kappa shape index (κ1) is 15.4. The normalized spacial score (nSPS) is 19.7. The Labute approximate surface area is 110 Å². The molecule has 0 spiro atoms. The van der Waals surface area contributed by atoms with Gasteiger partial charge in [0.05, 0.1) is 6.61 Å². The Morgan fingerprint density at radius 3 is 2.78 bits per heavy atom. The van der Waals surface area contributed by atoms with Crippen molar-refractivity contribution >= 4 is 5.97 Å². The number of esters is 1. The van der Waals surface area contributed by atoms with Crippen molar-refractivity contribution in [1.29, 1.82) is 0 Å². The molecule has 0 saturated carbocycles. The van der Waals surface area contributed by atoms with Gasteiger partial charge in [-0.3, -0.25) is 4.79 Å². The van der Waals surface area contributed by atoms with Gasteiger partial charge in [0.25, 0.3) is 0 Å². The SMILES string of the molecule is CCOC(=O)CCCCCCOC1CCCCO1. The number of carbonyl (C=O) groups excluding carboxylic acids is 1. The highest BCUT2D eigenvalue weighted by Crippen LogP contribution is 2.14. The predicted octanol–water partition coefficient (Wildman–Crippen LogP) is 3.04. The van der Waals surface area contributed by atoms with Gasteiger partial charge in [-0.05, 0) is 39.0 Å². The van der Waals surface area contributed by atoms with Crippen LogP contribution >= 0.6 is 0 Å². The smallest absolute Gasteiger partial charge is 0.305 e. The van der Waals surface area contributed by atoms with E-state index in [9.17, 15) is 4.79 Å². The minimum Gasteiger partial charge on any atom is -0.466 e. The molecule has 0 bridgehead atoms. The molecule has 0 aromatic heterocycles. The molecule has 0 aromatic carbocycles. The van der Waals surface area contributed by atoms with Crippen LogP contribution in [0.15, 0.2) is 0 Å². The molecule has 1 rings (SSSR count). The van der Waals surface area contributed by atoms with Crippen molar-refractivity contribution in [2.24, 2.45) is 0 Å². The molecule has 0 N–H and O–H groups in total. The van der Waals surface area contributed by atoms with Crippen molar-refractivity contribution in [2.75, 3.05) is 19.8 Å². The van der Waals surface area contributed by atoms with Crippen molar-refractivity contribution in [1.82, 2.24) is 0 Å². The van der Waals surface area contributed by atoms with Gasteiger partial charge < -0.3 is 14.2 Å². The van der Waals surface area contributed by atoms with Crippen LogP contribution in [0.3, 0.4) is 0 Å². The van der Waals surface area contributed by atoms with E-state index in [1.165, 1.54) is 6.42 Å². The summed E-state index contributed by atoms with van der Waals surface area (Å²) in [4.78, 5) is 11.1. The van der Waals surface area contributed by atoms with Crippen molar-refractivity contribution in [2.45, 2.75) is 64.6 Å². The lowest BCUT2D eigenvalue weighted by Crippen LogP contribution is -2.22. The van der Waals surface area contributed by atoms with Crippen LogP contribution in [0.5, 0.6) is 0 Å². The summed E-state index contributed by atoms with van der Waals surface area (Å²) in [5.74, 6) is -0.0793. The van der Waals surface area contributed by atoms with Crippen molar-refractivity contribution in [3.63, 3.8) is 0 Å². The van der Waals surface area contributed by atoms with Gasteiger partial charge in [-0.2, -0.15) is 0 Å². The van der Waals surface area contributed by atoms with E-state index in [-0.39, 0.29) is 12.3 Å². The van der Waals surface area contributed by atoms with E-state index in [2.05, 4.69) is 0 Å². The van der Waals surface area contributed by atoms with Crippen molar-refractivity contribution in [3.8, 4) is 0 Å². The van der Waals surface area contributed by atoms with Crippen LogP contribution < -0.4 is 0 Å². The van der Waals surface area contributed by atoms with E-state index < -0.39 is 0 Å². The third-order valence-corrected chi connectivity index (χ3v) is 3.02. The first-order valence-corrected chi connectivity index (χ1v) is 7.21. The van der Waals surface area contributed by atoms with Crippen LogP contribution in [0.2, 0.25) is 0 Å². The maximum Gasteiger partial charge on any atom is 0.305 e. The number of unbranched alkanes of at least 4 members (excludes halogenated alkanes) is 3. The zero-order valence-corrected chi connectivity index (χ0v) is 11.5. The fourth-order valence-electron chi connectivity index (χ4n) is 2.02. The summed E-state index contributed by atoms with van der Waals surface area (Å²) in [6, 6.07) is 0. The lowest BCUT2D eigenvalue weighted by molar-refractivity contribution is -0.162. The van der Waals surface area contributed by atoms with Gasteiger partial charge in [-0.25, -0.2) is 0 Å². The van der Waals surface area contributed by atoms with Crippen LogP contribution in [0, 0.1) is 0 Å². The Hall–Kier alpha value is -0.610. The Morgan fingerprint density at radius 2 is 2.06 bits per heavy atom. The molecule has 1 heterocycles. The second-order valence-corrected chi connectivity index (χ2v) is 4.64. The number of ether oxygens (including phenoxy) is 3. The average Bonchev–Trinajstić information content (AvgIpc) is 2.39. The van der Waals surface area contributed by atoms with Crippen LogP contribution in [-0.2, 0) is 19.0 Å². The molecule has 106 valence electrons. The standard InChI is InChI=1S/C14H26O4/c1-2-16-13(15)9-5-3-4-7-11-17-14-10-6-8-12-18-14/h14H,2-12H2,1H3. The molecule has 1 saturated heterocycles. The Morgan fingerprint density at radius 1 is 1.22 bits per heavy atom. The molecule has 0 radical (unpaired) electrons. The van der Waals surface area contributed by atoms with E-state index in [4.69, 9.17) is 14.2 Å². The summed E-state index contributed by atoms with van der Waals surface area (Å²) in [6.45, 7) is 3.92. The third kappa shape index (κ3) is 7.67. The monoisotopic (exact) mass is 258 g/mol. The van der Waals surface area contributed by atoms with Crippen LogP contribution in [0.25, 0.3) is 0 Å². The lowest BCUT2D eigenvalue weighted by Gasteiger charge is -2.22. The molecule has 1 fully saturated rings. The number of rotatable bonds is 9. The van der Waals surface area contributed by atoms with E-state index in [1.54, 1.807) is 0 Å². The molecular formula is C14H26O4. The summed E-state index contributed by atoms with van der Waals surface area (Å²) in [6.07, 6.45) is 8.10. The van der Waals surface area contributed by atoms with E-state index in [0.29, 0.717) is 13.0 Å². The largest absolute Gasteiger partial charge is 0.466 e. The number of carbonyl (C=O) groups is 1. The highest BCUT2D eigenvalue weighted by molar-refractivity contribution is 5.69. The molecule has 18 heavy (non-hydrogen) atoms. The van der Waals surface area contributed by atoms with Crippen molar-refractivity contribution in [3.05, 3.63) is 0 Å². The van der Waals surface area contributed by atoms with Crippen LogP contribution in [0.4, 0.5) is 0 Å². The predicted molar refractivity (Wildman–Crippen MR) is 69.3 cm³/mol. The molecule has 1 atom stereocenters. The Bertz CT molecular complexity index is 212. The lowest BCUT2D eigenvalue weighted by atomic mass is 10.1. The van der Waals surface area contributed by atoms with Gasteiger partial charge in [0.1, 0.15) is 0 Å². The Balaban J connectivity index is 1.82. The molecule has 1 aliphatic rings. The maximum absolute atomic E-state index is 11.1. The van der Waals surface area contributed by atoms with Gasteiger partial charge in [0, 0.05) is 19.6 Å². The van der Waals surface area contributed by atoms with E-state index in [0.717, 1.165) is 51.7 Å². The van der Waals surface area contributed by atoms with Gasteiger partial charge >= 0.3 is 5.97 Å². The zero-order valence-electron chi connectivity index (χ0n) is 11.5. The van der Waals surface area contributed by atoms with E-state index >= 15 is 0 Å². The molecule has 4 nitrogen and oxygen atoms in total. The second kappa shape index (κ2) is 10.3. The molecule has 1 unspecified atom stereocenters. The molecule has 4 heteroatoms. The zero-order chi connectivity index (χ0) is 13.1. The molecular weight excluding hydrogens is 232 g/mol. The number of hydrogen-bond donors (Lipinski definition) is 0. The summed E-state index contributed by atoms with van der Waals surface area (Å²) >= 11 is 0. The van der Waals surface area contributed by atoms with Gasteiger partial charge in [0.15, 0.2) is 6.29 Å². The minimum absolute atomic E-state index is 0.0262. The van der Waals surface area contributed by atoms with Gasteiger partial charge in [-0.15, -0.1) is 0 Å². The molecule has 1 aliphatic heterocycles. The maximum atomic E-state index is 11.1. The van der Waals surface area contributed by atoms with Crippen LogP contribution in [0.1, 0.15) is 58.3 Å². The summed E-state index contributed by atoms with van der Waals surface area (Å²) < 4.78 is 16.0. The highest BCUT2D eigenvalue weighted by Gasteiger charge is 2.13. The van der Waals surface area contributed by atoms with Crippen molar-refractivity contribution < 1.29 is 19.0 Å². The van der Waals surface area contributed by atoms with E-state index in [1.807, 2.05) is 6.92 Å². The first-order chi connectivity index (χ1) is 8.83. The quantitative estimate of drug-likeness (QED) is 0.471. The molecule has 0 aliphatic carbocycles. The molecule has 0 aromatic rings. The third-order valence-electron chi connectivity index (χ3n) is 3.02. The first-order valence-electron chi connectivity index (χ1n) is 7.21. The minimum atomic E-state index is -0.0793. The average molecular weight is 258 g/mol. The highest BCUT2D eigenvalue weighted by atomic mass is 16.7. The summed E-state index contributed by atoms with van der Waals surface area (Å²) in [7, 11) is 0. The van der Waals surface area contributed by atoms with Gasteiger partial charge in [-0.1, -0.05) is 12.8 Å². The van der Waals surface area contributed by atoms with Crippen LogP contribution in [-0.4, -0.2) is 32.1 Å². The fraction of sp³-hybridized carbons (Fsp3) is 0.929. The second-order valence-electron chi connectivity index (χ2n) is 4.64. The molecule has 0 amide bonds. The fourth-order valence-corrected chi connectivity index (χ4v) is 2.02. The topological polar surface area (TPSA) is 44.8 Å². The summed E-state index contributed by atoms with van der Waals surface area (Å²) in [5.41, 5.74) is 0. The van der Waals surface area contributed by atoms with Gasteiger partial charge in [0.2, 0.25) is 0 Å². The number of hydrogen-bond acceptors (Lipinski definition) is 4.